The minimum atomic E-state index is -0.844. The topological polar surface area (TPSA) is 25.2 Å². The first kappa shape index (κ1) is 13.8. The molecule has 1 unspecified atom stereocenters. The molecule has 3 rings (SSSR count). The Morgan fingerprint density at radius 2 is 1.90 bits per heavy atom. The lowest BCUT2D eigenvalue weighted by molar-refractivity contribution is 0.503. The van der Waals surface area contributed by atoms with Crippen molar-refractivity contribution in [1.29, 1.82) is 0 Å². The van der Waals surface area contributed by atoms with Crippen molar-refractivity contribution in [2.24, 2.45) is 0 Å². The lowest BCUT2D eigenvalue weighted by atomic mass is 9.98. The summed E-state index contributed by atoms with van der Waals surface area (Å²) in [6.45, 7) is 2.67. The van der Waals surface area contributed by atoms with Crippen molar-refractivity contribution in [2.45, 2.75) is 13.0 Å². The highest BCUT2D eigenvalue weighted by Crippen LogP contribution is 2.31. The van der Waals surface area contributed by atoms with Gasteiger partial charge in [-0.1, -0.05) is 31.2 Å². The highest BCUT2D eigenvalue weighted by molar-refractivity contribution is 5.81. The summed E-state index contributed by atoms with van der Waals surface area (Å²) in [5, 5.41) is 4.26. The lowest BCUT2D eigenvalue weighted by Crippen LogP contribution is -2.22. The van der Waals surface area contributed by atoms with E-state index in [1.807, 2.05) is 31.2 Å². The molecule has 0 aliphatic rings. The van der Waals surface area contributed by atoms with E-state index < -0.39 is 11.6 Å². The molecule has 0 fully saturated rings. The molecule has 108 valence electrons. The Balaban J connectivity index is 2.11. The fourth-order valence-corrected chi connectivity index (χ4v) is 2.53. The van der Waals surface area contributed by atoms with E-state index in [-0.39, 0.29) is 6.04 Å². The highest BCUT2D eigenvalue weighted by atomic mass is 19.2. The van der Waals surface area contributed by atoms with Crippen LogP contribution in [0.1, 0.15) is 24.1 Å². The van der Waals surface area contributed by atoms with Crippen LogP contribution in [0.25, 0.3) is 11.0 Å². The Morgan fingerprint density at radius 1 is 1.10 bits per heavy atom. The van der Waals surface area contributed by atoms with E-state index in [2.05, 4.69) is 5.32 Å². The zero-order chi connectivity index (χ0) is 14.8. The van der Waals surface area contributed by atoms with Gasteiger partial charge in [-0.25, -0.2) is 8.78 Å². The molecule has 4 heteroatoms. The third-order valence-electron chi connectivity index (χ3n) is 3.51. The molecular weight excluding hydrogens is 272 g/mol. The van der Waals surface area contributed by atoms with Crippen LogP contribution in [-0.4, -0.2) is 6.54 Å². The van der Waals surface area contributed by atoms with E-state index in [4.69, 9.17) is 4.42 Å². The van der Waals surface area contributed by atoms with Crippen molar-refractivity contribution in [3.63, 3.8) is 0 Å². The van der Waals surface area contributed by atoms with Crippen molar-refractivity contribution in [3.05, 3.63) is 71.5 Å². The Labute approximate surface area is 121 Å². The predicted molar refractivity (Wildman–Crippen MR) is 78.1 cm³/mol. The van der Waals surface area contributed by atoms with Crippen molar-refractivity contribution < 1.29 is 13.2 Å². The van der Waals surface area contributed by atoms with Gasteiger partial charge in [-0.15, -0.1) is 0 Å². The normalized spacial score (nSPS) is 12.7. The van der Waals surface area contributed by atoms with Gasteiger partial charge in [0.05, 0.1) is 12.3 Å². The predicted octanol–water partition coefficient (Wildman–Crippen LogP) is 4.41. The average Bonchev–Trinajstić information content (AvgIpc) is 2.92. The summed E-state index contributed by atoms with van der Waals surface area (Å²) in [6.07, 6.45) is 1.67. The average molecular weight is 287 g/mol. The van der Waals surface area contributed by atoms with Gasteiger partial charge < -0.3 is 9.73 Å². The molecule has 0 radical (unpaired) electrons. The van der Waals surface area contributed by atoms with E-state index in [1.54, 1.807) is 12.3 Å². The molecule has 2 aromatic carbocycles. The second kappa shape index (κ2) is 5.66. The van der Waals surface area contributed by atoms with E-state index in [0.29, 0.717) is 12.1 Å². The molecule has 0 aliphatic carbocycles. The Kier molecular flexibility index (Phi) is 3.71. The number of furan rings is 1. The molecule has 0 saturated heterocycles. The molecule has 0 aliphatic heterocycles. The van der Waals surface area contributed by atoms with Gasteiger partial charge in [0.1, 0.15) is 5.58 Å². The molecule has 1 N–H and O–H groups in total. The standard InChI is InChI=1S/C17H15F2NO/c1-2-20-17(11-7-8-14(18)15(19)9-11)13-10-21-16-6-4-3-5-12(13)16/h3-10,17,20H,2H2,1H3. The van der Waals surface area contributed by atoms with Gasteiger partial charge >= 0.3 is 0 Å². The summed E-state index contributed by atoms with van der Waals surface area (Å²) in [6, 6.07) is 11.4. The second-order valence-electron chi connectivity index (χ2n) is 4.85. The van der Waals surface area contributed by atoms with Gasteiger partial charge in [0, 0.05) is 10.9 Å². The number of hydrogen-bond donors (Lipinski definition) is 1. The van der Waals surface area contributed by atoms with Crippen LogP contribution in [0.2, 0.25) is 0 Å². The SMILES string of the molecule is CCNC(c1ccc(F)c(F)c1)c1coc2ccccc12. The second-order valence-corrected chi connectivity index (χ2v) is 4.85. The summed E-state index contributed by atoms with van der Waals surface area (Å²) >= 11 is 0. The first-order valence-electron chi connectivity index (χ1n) is 6.85. The quantitative estimate of drug-likeness (QED) is 0.769. The van der Waals surface area contributed by atoms with Crippen LogP contribution in [0.3, 0.4) is 0 Å². The molecule has 1 atom stereocenters. The van der Waals surface area contributed by atoms with E-state index in [1.165, 1.54) is 6.07 Å². The lowest BCUT2D eigenvalue weighted by Gasteiger charge is -2.17. The van der Waals surface area contributed by atoms with Crippen LogP contribution in [0, 0.1) is 11.6 Å². The van der Waals surface area contributed by atoms with Crippen molar-refractivity contribution in [1.82, 2.24) is 5.32 Å². The zero-order valence-electron chi connectivity index (χ0n) is 11.6. The van der Waals surface area contributed by atoms with Gasteiger partial charge in [-0.05, 0) is 30.3 Å². The molecule has 0 bridgehead atoms. The summed E-state index contributed by atoms with van der Waals surface area (Å²) in [7, 11) is 0. The third kappa shape index (κ3) is 2.54. The van der Waals surface area contributed by atoms with Gasteiger partial charge in [-0.2, -0.15) is 0 Å². The Morgan fingerprint density at radius 3 is 2.67 bits per heavy atom. The van der Waals surface area contributed by atoms with Crippen LogP contribution >= 0.6 is 0 Å². The maximum Gasteiger partial charge on any atom is 0.159 e. The molecular formula is C17H15F2NO. The van der Waals surface area contributed by atoms with Gasteiger partial charge in [0.25, 0.3) is 0 Å². The largest absolute Gasteiger partial charge is 0.464 e. The van der Waals surface area contributed by atoms with E-state index in [9.17, 15) is 8.78 Å². The van der Waals surface area contributed by atoms with Gasteiger partial charge in [-0.3, -0.25) is 0 Å². The number of nitrogens with one attached hydrogen (secondary N) is 1. The molecule has 21 heavy (non-hydrogen) atoms. The van der Waals surface area contributed by atoms with Crippen molar-refractivity contribution in [3.8, 4) is 0 Å². The van der Waals surface area contributed by atoms with Crippen molar-refractivity contribution >= 4 is 11.0 Å². The fraction of sp³-hybridized carbons (Fsp3) is 0.176. The Hall–Kier alpha value is -2.20. The fourth-order valence-electron chi connectivity index (χ4n) is 2.53. The Bertz CT molecular complexity index is 766. The molecule has 3 aromatic rings. The monoisotopic (exact) mass is 287 g/mol. The van der Waals surface area contributed by atoms with Crippen LogP contribution in [0.15, 0.2) is 53.1 Å². The molecule has 1 heterocycles. The minimum Gasteiger partial charge on any atom is -0.464 e. The van der Waals surface area contributed by atoms with E-state index >= 15 is 0 Å². The maximum atomic E-state index is 13.5. The van der Waals surface area contributed by atoms with Gasteiger partial charge in [0.15, 0.2) is 11.6 Å². The summed E-state index contributed by atoms with van der Waals surface area (Å²) in [5.74, 6) is -1.69. The first-order chi connectivity index (χ1) is 10.2. The first-order valence-corrected chi connectivity index (χ1v) is 6.85. The van der Waals surface area contributed by atoms with Crippen LogP contribution in [0.4, 0.5) is 8.78 Å². The van der Waals surface area contributed by atoms with Gasteiger partial charge in [0.2, 0.25) is 0 Å². The third-order valence-corrected chi connectivity index (χ3v) is 3.51. The molecule has 0 saturated carbocycles. The molecule has 2 nitrogen and oxygen atoms in total. The number of halogens is 2. The minimum absolute atomic E-state index is 0.242. The number of rotatable bonds is 4. The molecule has 0 spiro atoms. The van der Waals surface area contributed by atoms with E-state index in [0.717, 1.165) is 22.6 Å². The maximum absolute atomic E-state index is 13.5. The summed E-state index contributed by atoms with van der Waals surface area (Å²) in [4.78, 5) is 0. The van der Waals surface area contributed by atoms with Crippen LogP contribution < -0.4 is 5.32 Å². The molecule has 1 aromatic heterocycles. The smallest absolute Gasteiger partial charge is 0.159 e. The number of benzene rings is 2. The van der Waals surface area contributed by atoms with Crippen molar-refractivity contribution in [2.75, 3.05) is 6.54 Å². The summed E-state index contributed by atoms with van der Waals surface area (Å²) < 4.78 is 32.2. The number of para-hydroxylation sites is 1. The van der Waals surface area contributed by atoms with Crippen LogP contribution in [-0.2, 0) is 0 Å². The van der Waals surface area contributed by atoms with Crippen LogP contribution in [0.5, 0.6) is 0 Å². The number of hydrogen-bond acceptors (Lipinski definition) is 2. The zero-order valence-corrected chi connectivity index (χ0v) is 11.6. The highest BCUT2D eigenvalue weighted by Gasteiger charge is 2.19. The number of fused-ring (bicyclic) bond motifs is 1. The summed E-state index contributed by atoms with van der Waals surface area (Å²) in [5.41, 5.74) is 2.36. The molecule has 0 amide bonds.